The van der Waals surface area contributed by atoms with Crippen LogP contribution in [0.3, 0.4) is 0 Å². The molecule has 1 aromatic heterocycles. The number of rotatable bonds is 5. The van der Waals surface area contributed by atoms with E-state index in [1.165, 1.54) is 0 Å². The summed E-state index contributed by atoms with van der Waals surface area (Å²) in [7, 11) is 0. The van der Waals surface area contributed by atoms with E-state index >= 15 is 0 Å². The monoisotopic (exact) mass is 595 g/mol. The fraction of sp³-hybridized carbons (Fsp3) is 0.828. The van der Waals surface area contributed by atoms with Gasteiger partial charge in [0.25, 0.3) is 5.95 Å². The summed E-state index contributed by atoms with van der Waals surface area (Å²) in [5.41, 5.74) is 4.41. The molecule has 2 saturated carbocycles. The molecule has 7 rings (SSSR count). The van der Waals surface area contributed by atoms with E-state index in [4.69, 9.17) is 14.7 Å². The molecule has 1 amide bonds. The highest BCUT2D eigenvalue weighted by molar-refractivity contribution is 5.92. The molecule has 13 heteroatoms. The smallest absolute Gasteiger partial charge is 0.250 e. The highest BCUT2D eigenvalue weighted by Crippen LogP contribution is 2.47. The number of aromatic nitrogens is 2. The molecule has 0 radical (unpaired) electrons. The Morgan fingerprint density at radius 2 is 1.95 bits per heavy atom. The first-order valence-electron chi connectivity index (χ1n) is 15.6. The second-order valence-corrected chi connectivity index (χ2v) is 13.5. The van der Waals surface area contributed by atoms with Crippen LogP contribution in [0.15, 0.2) is 11.2 Å². The van der Waals surface area contributed by atoms with Gasteiger partial charge in [-0.25, -0.2) is 27.2 Å². The zero-order valence-electron chi connectivity index (χ0n) is 24.1. The van der Waals surface area contributed by atoms with Gasteiger partial charge < -0.3 is 20.4 Å². The second-order valence-electron chi connectivity index (χ2n) is 13.5. The molecule has 0 bridgehead atoms. The molecule has 232 valence electrons. The van der Waals surface area contributed by atoms with E-state index in [1.807, 2.05) is 13.1 Å². The first-order chi connectivity index (χ1) is 20.1. The van der Waals surface area contributed by atoms with E-state index < -0.39 is 24.2 Å². The van der Waals surface area contributed by atoms with Crippen molar-refractivity contribution in [1.82, 2.24) is 24.8 Å². The molecule has 42 heavy (non-hydrogen) atoms. The average molecular weight is 596 g/mol. The maximum atomic E-state index is 13.8. The summed E-state index contributed by atoms with van der Waals surface area (Å²) >= 11 is 0. The Hall–Kier alpha value is -2.41. The van der Waals surface area contributed by atoms with Crippen molar-refractivity contribution in [3.05, 3.63) is 11.9 Å². The number of nitrogens with zero attached hydrogens (tertiary/aromatic N) is 5. The van der Waals surface area contributed by atoms with Crippen LogP contribution in [0.2, 0.25) is 0 Å². The molecule has 5 fully saturated rings. The summed E-state index contributed by atoms with van der Waals surface area (Å²) in [4.78, 5) is 27.7. The van der Waals surface area contributed by atoms with Crippen LogP contribution >= 0.6 is 0 Å². The van der Waals surface area contributed by atoms with Crippen molar-refractivity contribution in [3.63, 3.8) is 0 Å². The molecule has 0 aromatic carbocycles. The number of morpholine rings is 1. The van der Waals surface area contributed by atoms with Crippen molar-refractivity contribution >= 4 is 17.7 Å². The maximum Gasteiger partial charge on any atom is 0.250 e. The van der Waals surface area contributed by atoms with Gasteiger partial charge in [-0.2, -0.15) is 4.99 Å². The third-order valence-electron chi connectivity index (χ3n) is 10.7. The zero-order valence-corrected chi connectivity index (χ0v) is 24.1. The number of amidine groups is 1. The molecule has 2 aliphatic carbocycles. The van der Waals surface area contributed by atoms with Crippen LogP contribution in [0, 0.1) is 17.8 Å². The van der Waals surface area contributed by atoms with Crippen molar-refractivity contribution in [1.29, 1.82) is 0 Å². The molecular formula is C29H41F4N7O2. The van der Waals surface area contributed by atoms with Crippen molar-refractivity contribution in [2.75, 3.05) is 44.8 Å². The minimum atomic E-state index is -2.58. The minimum absolute atomic E-state index is 0.00177. The Bertz CT molecular complexity index is 1210. The lowest BCUT2D eigenvalue weighted by atomic mass is 9.78. The van der Waals surface area contributed by atoms with E-state index in [-0.39, 0.29) is 61.2 Å². The molecule has 5 heterocycles. The SMILES string of the molecule is CC(c1cn2c(n1)N=C(N1CC3COCCN3C3(CC3)C1)C(C[C@H]1CC(C(F)F)CNC1=O)N2)C1CCC(F)(F)CC1. The van der Waals surface area contributed by atoms with Crippen molar-refractivity contribution in [2.45, 2.75) is 94.2 Å². The van der Waals surface area contributed by atoms with Gasteiger partial charge in [-0.05, 0) is 44.4 Å². The van der Waals surface area contributed by atoms with Crippen LogP contribution in [0.1, 0.15) is 69.9 Å². The quantitative estimate of drug-likeness (QED) is 0.505. The molecule has 1 spiro atoms. The lowest BCUT2D eigenvalue weighted by Crippen LogP contribution is -2.66. The van der Waals surface area contributed by atoms with E-state index in [2.05, 4.69) is 20.5 Å². The number of hydrogen-bond acceptors (Lipinski definition) is 7. The summed E-state index contributed by atoms with van der Waals surface area (Å²) in [6.45, 7) is 5.90. The predicted molar refractivity (Wildman–Crippen MR) is 148 cm³/mol. The molecule has 1 aromatic rings. The van der Waals surface area contributed by atoms with E-state index in [1.54, 1.807) is 4.68 Å². The van der Waals surface area contributed by atoms with Crippen molar-refractivity contribution < 1.29 is 27.1 Å². The lowest BCUT2D eigenvalue weighted by Gasteiger charge is -2.51. The Kier molecular flexibility index (Phi) is 7.19. The fourth-order valence-electron chi connectivity index (χ4n) is 8.01. The van der Waals surface area contributed by atoms with Gasteiger partial charge in [0.15, 0.2) is 0 Å². The van der Waals surface area contributed by atoms with Crippen LogP contribution in [0.4, 0.5) is 23.5 Å². The zero-order chi connectivity index (χ0) is 29.2. The number of amides is 1. The van der Waals surface area contributed by atoms with Gasteiger partial charge in [-0.3, -0.25) is 9.69 Å². The Morgan fingerprint density at radius 1 is 1.17 bits per heavy atom. The van der Waals surface area contributed by atoms with Gasteiger partial charge in [0.2, 0.25) is 18.3 Å². The number of carbonyl (C=O) groups is 1. The maximum absolute atomic E-state index is 13.8. The fourth-order valence-corrected chi connectivity index (χ4v) is 8.01. The molecular weight excluding hydrogens is 554 g/mol. The molecule has 4 aliphatic heterocycles. The molecule has 5 atom stereocenters. The lowest BCUT2D eigenvalue weighted by molar-refractivity contribution is -0.129. The number of imidazole rings is 1. The number of ether oxygens (including phenoxy) is 1. The second kappa shape index (κ2) is 10.6. The number of alkyl halides is 4. The highest BCUT2D eigenvalue weighted by atomic mass is 19.3. The summed E-state index contributed by atoms with van der Waals surface area (Å²) in [5, 5.41) is 2.69. The van der Waals surface area contributed by atoms with E-state index in [0.717, 1.165) is 50.6 Å². The number of halogens is 4. The average Bonchev–Trinajstić information content (AvgIpc) is 3.60. The highest BCUT2D eigenvalue weighted by Gasteiger charge is 2.56. The van der Waals surface area contributed by atoms with Crippen LogP contribution in [-0.4, -0.2) is 101 Å². The Morgan fingerprint density at radius 3 is 2.69 bits per heavy atom. The van der Waals surface area contributed by atoms with Crippen LogP contribution in [-0.2, 0) is 9.53 Å². The topological polar surface area (TPSA) is 87.0 Å². The van der Waals surface area contributed by atoms with Gasteiger partial charge in [0.1, 0.15) is 11.9 Å². The molecule has 6 aliphatic rings. The van der Waals surface area contributed by atoms with Gasteiger partial charge in [-0.1, -0.05) is 6.92 Å². The van der Waals surface area contributed by atoms with Crippen LogP contribution in [0.25, 0.3) is 0 Å². The number of piperazine rings is 1. The number of hydrogen-bond donors (Lipinski definition) is 2. The summed E-state index contributed by atoms with van der Waals surface area (Å²) < 4.78 is 62.5. The van der Waals surface area contributed by atoms with Gasteiger partial charge >= 0.3 is 0 Å². The van der Waals surface area contributed by atoms with Crippen LogP contribution in [0.5, 0.6) is 0 Å². The number of carbonyl (C=O) groups excluding carboxylic acids is 1. The Labute approximate surface area is 243 Å². The number of nitrogens with one attached hydrogen (secondary N) is 2. The van der Waals surface area contributed by atoms with Crippen molar-refractivity contribution in [3.8, 4) is 0 Å². The number of piperidine rings is 1. The van der Waals surface area contributed by atoms with Gasteiger partial charge in [-0.15, -0.1) is 0 Å². The Balaban J connectivity index is 1.16. The number of aliphatic imine (C=N–C) groups is 1. The van der Waals surface area contributed by atoms with E-state index in [9.17, 15) is 22.4 Å². The third kappa shape index (κ3) is 5.28. The first kappa shape index (κ1) is 28.4. The normalized spacial score (nSPS) is 33.4. The van der Waals surface area contributed by atoms with Gasteiger partial charge in [0, 0.05) is 62.3 Å². The van der Waals surface area contributed by atoms with E-state index in [0.29, 0.717) is 31.8 Å². The molecule has 9 nitrogen and oxygen atoms in total. The first-order valence-corrected chi connectivity index (χ1v) is 15.6. The summed E-state index contributed by atoms with van der Waals surface area (Å²) in [5.74, 6) is -2.83. The van der Waals surface area contributed by atoms with Gasteiger partial charge in [0.05, 0.1) is 31.1 Å². The molecule has 2 N–H and O–H groups in total. The third-order valence-corrected chi connectivity index (χ3v) is 10.7. The van der Waals surface area contributed by atoms with Crippen molar-refractivity contribution in [2.24, 2.45) is 22.7 Å². The number of fused-ring (bicyclic) bond motifs is 3. The summed E-state index contributed by atoms with van der Waals surface area (Å²) in [6.07, 6.45) is 2.82. The predicted octanol–water partition coefficient (Wildman–Crippen LogP) is 3.72. The molecule has 3 saturated heterocycles. The minimum Gasteiger partial charge on any atom is -0.378 e. The molecule has 4 unspecified atom stereocenters. The summed E-state index contributed by atoms with van der Waals surface area (Å²) in [6, 6.07) is -0.136. The largest absolute Gasteiger partial charge is 0.378 e. The van der Waals surface area contributed by atoms with Crippen LogP contribution < -0.4 is 10.7 Å². The standard InChI is InChI=1S/C29H41F4N7O2/c1-17(18-2-4-29(32,33)5-3-18)23-14-40-27(35-23)36-25(22(37-40)11-19-10-20(24(30)31)12-34-26(19)41)38-13-21-15-42-9-8-39(21)28(16-38)6-7-28/h14,17-22,24,37H,2-13,15-16H2,1H3,(H,34,41)/t17?,19-,20?,21?,22?/m1/s1.